The van der Waals surface area contributed by atoms with Gasteiger partial charge in [-0.3, -0.25) is 10.1 Å². The Hall–Kier alpha value is -2.42. The fraction of sp³-hybridized carbons (Fsp3) is 0.316. The SMILES string of the molecule is COC(=O)[C@@H](CNS(=O)(=O)c1ccc(C)cc1)NCc1ccc(OC)cc1. The molecule has 0 saturated carbocycles. The first-order chi connectivity index (χ1) is 12.9. The van der Waals surface area contributed by atoms with Crippen LogP contribution in [0.3, 0.4) is 0 Å². The van der Waals surface area contributed by atoms with Crippen molar-refractivity contribution in [2.75, 3.05) is 20.8 Å². The Morgan fingerprint density at radius 1 is 1.04 bits per heavy atom. The third kappa shape index (κ3) is 6.06. The summed E-state index contributed by atoms with van der Waals surface area (Å²) < 4.78 is 37.1. The first kappa shape index (κ1) is 20.9. The van der Waals surface area contributed by atoms with Crippen LogP contribution in [0.1, 0.15) is 11.1 Å². The molecule has 0 aliphatic carbocycles. The monoisotopic (exact) mass is 392 g/mol. The molecule has 0 fully saturated rings. The molecule has 2 aromatic carbocycles. The van der Waals surface area contributed by atoms with Crippen molar-refractivity contribution in [3.05, 3.63) is 59.7 Å². The number of nitrogens with one attached hydrogen (secondary N) is 2. The summed E-state index contributed by atoms with van der Waals surface area (Å²) in [5.41, 5.74) is 1.88. The van der Waals surface area contributed by atoms with Crippen LogP contribution in [0.5, 0.6) is 5.75 Å². The van der Waals surface area contributed by atoms with Gasteiger partial charge in [-0.25, -0.2) is 13.1 Å². The minimum absolute atomic E-state index is 0.126. The standard InChI is InChI=1S/C19H24N2O5S/c1-14-4-10-17(11-5-14)27(23,24)21-13-18(19(22)26-3)20-12-15-6-8-16(25-2)9-7-15/h4-11,18,20-21H,12-13H2,1-3H3/t18-/m1/s1. The van der Waals surface area contributed by atoms with Crippen LogP contribution in [0.4, 0.5) is 0 Å². The van der Waals surface area contributed by atoms with Crippen molar-refractivity contribution >= 4 is 16.0 Å². The van der Waals surface area contributed by atoms with E-state index in [2.05, 4.69) is 10.0 Å². The van der Waals surface area contributed by atoms with Crippen LogP contribution in [-0.4, -0.2) is 41.2 Å². The van der Waals surface area contributed by atoms with Crippen molar-refractivity contribution in [2.24, 2.45) is 0 Å². The Balaban J connectivity index is 2.01. The number of benzene rings is 2. The molecule has 1 atom stereocenters. The molecule has 27 heavy (non-hydrogen) atoms. The minimum Gasteiger partial charge on any atom is -0.497 e. The lowest BCUT2D eigenvalue weighted by Gasteiger charge is -2.17. The van der Waals surface area contributed by atoms with Gasteiger partial charge in [0.05, 0.1) is 19.1 Å². The van der Waals surface area contributed by atoms with Crippen LogP contribution < -0.4 is 14.8 Å². The number of aryl methyl sites for hydroxylation is 1. The molecule has 0 aliphatic rings. The highest BCUT2D eigenvalue weighted by molar-refractivity contribution is 7.89. The van der Waals surface area contributed by atoms with E-state index in [0.717, 1.165) is 16.9 Å². The Kier molecular flexibility index (Phi) is 7.35. The summed E-state index contributed by atoms with van der Waals surface area (Å²) in [6.07, 6.45) is 0. The van der Waals surface area contributed by atoms with Crippen molar-refractivity contribution in [2.45, 2.75) is 24.4 Å². The molecule has 0 saturated heterocycles. The highest BCUT2D eigenvalue weighted by atomic mass is 32.2. The number of rotatable bonds is 9. The lowest BCUT2D eigenvalue weighted by molar-refractivity contribution is -0.142. The molecule has 0 spiro atoms. The van der Waals surface area contributed by atoms with E-state index in [4.69, 9.17) is 9.47 Å². The number of sulfonamides is 1. The molecule has 0 bridgehead atoms. The third-order valence-electron chi connectivity index (χ3n) is 4.01. The summed E-state index contributed by atoms with van der Waals surface area (Å²) in [5, 5.41) is 3.02. The van der Waals surface area contributed by atoms with Gasteiger partial charge in [-0.05, 0) is 36.8 Å². The number of carbonyl (C=O) groups is 1. The number of carbonyl (C=O) groups excluding carboxylic acids is 1. The smallest absolute Gasteiger partial charge is 0.324 e. The van der Waals surface area contributed by atoms with Gasteiger partial charge in [0.25, 0.3) is 0 Å². The maximum absolute atomic E-state index is 12.4. The molecule has 2 N–H and O–H groups in total. The van der Waals surface area contributed by atoms with Crippen LogP contribution in [0.2, 0.25) is 0 Å². The zero-order valence-electron chi connectivity index (χ0n) is 15.6. The zero-order valence-corrected chi connectivity index (χ0v) is 16.4. The average Bonchev–Trinajstić information content (AvgIpc) is 2.68. The van der Waals surface area contributed by atoms with Gasteiger partial charge in [-0.15, -0.1) is 0 Å². The van der Waals surface area contributed by atoms with Gasteiger partial charge in [-0.1, -0.05) is 29.8 Å². The lowest BCUT2D eigenvalue weighted by Crippen LogP contribution is -2.46. The second-order valence-electron chi connectivity index (χ2n) is 5.97. The van der Waals surface area contributed by atoms with E-state index in [0.29, 0.717) is 6.54 Å². The second kappa shape index (κ2) is 9.50. The summed E-state index contributed by atoms with van der Waals surface area (Å²) in [6, 6.07) is 13.0. The molecular formula is C19H24N2O5S. The molecule has 2 rings (SSSR count). The first-order valence-electron chi connectivity index (χ1n) is 8.36. The molecule has 0 aromatic heterocycles. The van der Waals surface area contributed by atoms with E-state index in [-0.39, 0.29) is 11.4 Å². The fourth-order valence-corrected chi connectivity index (χ4v) is 3.41. The van der Waals surface area contributed by atoms with Crippen molar-refractivity contribution in [1.29, 1.82) is 0 Å². The molecule has 2 aromatic rings. The molecule has 0 aliphatic heterocycles. The molecular weight excluding hydrogens is 368 g/mol. The Morgan fingerprint density at radius 2 is 1.67 bits per heavy atom. The third-order valence-corrected chi connectivity index (χ3v) is 5.45. The highest BCUT2D eigenvalue weighted by Crippen LogP contribution is 2.12. The molecule has 8 heteroatoms. The van der Waals surface area contributed by atoms with Gasteiger partial charge in [-0.2, -0.15) is 0 Å². The van der Waals surface area contributed by atoms with E-state index in [1.54, 1.807) is 19.2 Å². The lowest BCUT2D eigenvalue weighted by atomic mass is 10.2. The largest absolute Gasteiger partial charge is 0.497 e. The summed E-state index contributed by atoms with van der Waals surface area (Å²) in [7, 11) is -0.873. The topological polar surface area (TPSA) is 93.7 Å². The molecule has 0 amide bonds. The number of esters is 1. The number of ether oxygens (including phenoxy) is 2. The summed E-state index contributed by atoms with van der Waals surface area (Å²) in [6.45, 7) is 2.12. The number of hydrogen-bond donors (Lipinski definition) is 2. The van der Waals surface area contributed by atoms with Crippen molar-refractivity contribution in [3.8, 4) is 5.75 Å². The Labute approximate surface area is 159 Å². The predicted molar refractivity (Wildman–Crippen MR) is 102 cm³/mol. The number of methoxy groups -OCH3 is 2. The van der Waals surface area contributed by atoms with E-state index >= 15 is 0 Å². The maximum Gasteiger partial charge on any atom is 0.324 e. The molecule has 146 valence electrons. The second-order valence-corrected chi connectivity index (χ2v) is 7.74. The van der Waals surface area contributed by atoms with Gasteiger partial charge in [0.15, 0.2) is 0 Å². The summed E-state index contributed by atoms with van der Waals surface area (Å²) in [5.74, 6) is 0.184. The van der Waals surface area contributed by atoms with Crippen LogP contribution >= 0.6 is 0 Å². The Bertz CT molecular complexity index is 849. The normalized spacial score (nSPS) is 12.4. The Morgan fingerprint density at radius 3 is 2.22 bits per heavy atom. The summed E-state index contributed by atoms with van der Waals surface area (Å²) in [4.78, 5) is 12.1. The maximum atomic E-state index is 12.4. The molecule has 0 heterocycles. The van der Waals surface area contributed by atoms with Crippen molar-refractivity contribution < 1.29 is 22.7 Å². The van der Waals surface area contributed by atoms with Crippen LogP contribution in [0.15, 0.2) is 53.4 Å². The van der Waals surface area contributed by atoms with Gasteiger partial charge in [0, 0.05) is 13.1 Å². The quantitative estimate of drug-likeness (QED) is 0.630. The van der Waals surface area contributed by atoms with Gasteiger partial charge >= 0.3 is 5.97 Å². The van der Waals surface area contributed by atoms with Crippen LogP contribution in [0.25, 0.3) is 0 Å². The molecule has 0 radical (unpaired) electrons. The van der Waals surface area contributed by atoms with Gasteiger partial charge < -0.3 is 9.47 Å². The molecule has 7 nitrogen and oxygen atoms in total. The van der Waals surface area contributed by atoms with Crippen LogP contribution in [0, 0.1) is 6.92 Å². The van der Waals surface area contributed by atoms with Gasteiger partial charge in [0.2, 0.25) is 10.0 Å². The van der Waals surface area contributed by atoms with E-state index < -0.39 is 22.0 Å². The van der Waals surface area contributed by atoms with Crippen molar-refractivity contribution in [1.82, 2.24) is 10.0 Å². The minimum atomic E-state index is -3.72. The fourth-order valence-electron chi connectivity index (χ4n) is 2.36. The zero-order chi connectivity index (χ0) is 19.9. The van der Waals surface area contributed by atoms with E-state index in [9.17, 15) is 13.2 Å². The predicted octanol–water partition coefficient (Wildman–Crippen LogP) is 1.61. The van der Waals surface area contributed by atoms with Crippen molar-refractivity contribution in [3.63, 3.8) is 0 Å². The first-order valence-corrected chi connectivity index (χ1v) is 9.84. The van der Waals surface area contributed by atoms with E-state index in [1.807, 2.05) is 31.2 Å². The highest BCUT2D eigenvalue weighted by Gasteiger charge is 2.22. The molecule has 0 unspecified atom stereocenters. The van der Waals surface area contributed by atoms with Gasteiger partial charge in [0.1, 0.15) is 11.8 Å². The summed E-state index contributed by atoms with van der Waals surface area (Å²) >= 11 is 0. The number of hydrogen-bond acceptors (Lipinski definition) is 6. The van der Waals surface area contributed by atoms with Crippen LogP contribution in [-0.2, 0) is 26.1 Å². The van der Waals surface area contributed by atoms with E-state index in [1.165, 1.54) is 19.2 Å². The average molecular weight is 392 g/mol.